The highest BCUT2D eigenvalue weighted by Gasteiger charge is 2.65. The standard InChI is InChI=1S/C22H26O8/c1-6-10(2)20(26)28-15-7-11(3)16-14(25)8-13(9-23)17(16)19-18(15)22(5,21(27)29-19)30-12(4)24/h6,8,15,17-19,23H,7,9H2,1-5H3/b10-6+/t15-,17+,18+,19-,22-/m0/s1. The number of ketones is 1. The van der Waals surface area contributed by atoms with Crippen LogP contribution in [0, 0.1) is 11.8 Å². The van der Waals surface area contributed by atoms with Crippen molar-refractivity contribution in [3.8, 4) is 0 Å². The van der Waals surface area contributed by atoms with E-state index in [9.17, 15) is 24.3 Å². The highest BCUT2D eigenvalue weighted by Crippen LogP contribution is 2.51. The summed E-state index contributed by atoms with van der Waals surface area (Å²) in [6, 6.07) is 0. The molecule has 0 unspecified atom stereocenters. The maximum Gasteiger partial charge on any atom is 0.351 e. The molecule has 8 nitrogen and oxygen atoms in total. The van der Waals surface area contributed by atoms with Crippen molar-refractivity contribution in [1.29, 1.82) is 0 Å². The van der Waals surface area contributed by atoms with Crippen LogP contribution < -0.4 is 0 Å². The maximum absolute atomic E-state index is 12.8. The third-order valence-corrected chi connectivity index (χ3v) is 6.18. The molecule has 0 bridgehead atoms. The van der Waals surface area contributed by atoms with Gasteiger partial charge in [0.05, 0.1) is 12.5 Å². The number of fused-ring (bicyclic) bond motifs is 3. The molecule has 1 heterocycles. The molecular weight excluding hydrogens is 392 g/mol. The molecule has 0 aromatic rings. The van der Waals surface area contributed by atoms with Crippen LogP contribution in [0.1, 0.15) is 41.0 Å². The van der Waals surface area contributed by atoms with Crippen molar-refractivity contribution >= 4 is 23.7 Å². The highest BCUT2D eigenvalue weighted by atomic mass is 16.6. The number of ether oxygens (including phenoxy) is 3. The van der Waals surface area contributed by atoms with E-state index in [1.54, 1.807) is 26.8 Å². The van der Waals surface area contributed by atoms with E-state index in [4.69, 9.17) is 14.2 Å². The minimum atomic E-state index is -1.70. The summed E-state index contributed by atoms with van der Waals surface area (Å²) in [4.78, 5) is 49.8. The number of carbonyl (C=O) groups is 4. The largest absolute Gasteiger partial charge is 0.458 e. The van der Waals surface area contributed by atoms with E-state index in [1.807, 2.05) is 0 Å². The Morgan fingerprint density at radius 2 is 2.00 bits per heavy atom. The smallest absolute Gasteiger partial charge is 0.351 e. The summed E-state index contributed by atoms with van der Waals surface area (Å²) >= 11 is 0. The van der Waals surface area contributed by atoms with Crippen molar-refractivity contribution in [2.45, 2.75) is 58.8 Å². The Balaban J connectivity index is 2.14. The number of hydrogen-bond acceptors (Lipinski definition) is 8. The number of esters is 3. The van der Waals surface area contributed by atoms with Crippen LogP contribution in [-0.4, -0.2) is 53.2 Å². The molecule has 0 aromatic heterocycles. The van der Waals surface area contributed by atoms with E-state index >= 15 is 0 Å². The summed E-state index contributed by atoms with van der Waals surface area (Å²) in [6.45, 7) is 7.29. The molecule has 1 fully saturated rings. The Morgan fingerprint density at radius 3 is 2.57 bits per heavy atom. The van der Waals surface area contributed by atoms with Crippen LogP contribution in [0.3, 0.4) is 0 Å². The average molecular weight is 418 g/mol. The topological polar surface area (TPSA) is 116 Å². The van der Waals surface area contributed by atoms with Gasteiger partial charge in [0.2, 0.25) is 5.60 Å². The van der Waals surface area contributed by atoms with E-state index in [-0.39, 0.29) is 18.8 Å². The number of hydrogen-bond donors (Lipinski definition) is 1. The van der Waals surface area contributed by atoms with E-state index < -0.39 is 47.6 Å². The summed E-state index contributed by atoms with van der Waals surface area (Å²) < 4.78 is 16.8. The van der Waals surface area contributed by atoms with Gasteiger partial charge < -0.3 is 19.3 Å². The van der Waals surface area contributed by atoms with Gasteiger partial charge in [0, 0.05) is 30.4 Å². The zero-order valence-electron chi connectivity index (χ0n) is 17.7. The first-order chi connectivity index (χ1) is 14.0. The molecule has 1 saturated heterocycles. The maximum atomic E-state index is 12.8. The van der Waals surface area contributed by atoms with Crippen molar-refractivity contribution in [3.05, 3.63) is 34.4 Å². The molecule has 0 amide bonds. The molecule has 8 heteroatoms. The van der Waals surface area contributed by atoms with E-state index in [2.05, 4.69) is 0 Å². The molecule has 3 rings (SSSR count). The van der Waals surface area contributed by atoms with Gasteiger partial charge in [-0.2, -0.15) is 0 Å². The molecule has 0 spiro atoms. The van der Waals surface area contributed by atoms with E-state index in [1.165, 1.54) is 19.9 Å². The fraction of sp³-hybridized carbons (Fsp3) is 0.545. The Labute approximate surface area is 174 Å². The fourth-order valence-electron chi connectivity index (χ4n) is 4.68. The van der Waals surface area contributed by atoms with Gasteiger partial charge in [-0.15, -0.1) is 0 Å². The first kappa shape index (κ1) is 22.0. The molecule has 2 aliphatic carbocycles. The molecule has 1 aliphatic heterocycles. The number of aliphatic hydroxyl groups is 1. The quantitative estimate of drug-likeness (QED) is 0.415. The van der Waals surface area contributed by atoms with Gasteiger partial charge in [0.25, 0.3) is 0 Å². The Morgan fingerprint density at radius 1 is 1.33 bits per heavy atom. The van der Waals surface area contributed by atoms with Crippen molar-refractivity contribution in [2.24, 2.45) is 11.8 Å². The highest BCUT2D eigenvalue weighted by molar-refractivity contribution is 6.09. The van der Waals surface area contributed by atoms with E-state index in [0.29, 0.717) is 22.3 Å². The van der Waals surface area contributed by atoms with Crippen molar-refractivity contribution < 1.29 is 38.5 Å². The molecule has 1 N–H and O–H groups in total. The van der Waals surface area contributed by atoms with Gasteiger partial charge in [-0.25, -0.2) is 9.59 Å². The van der Waals surface area contributed by atoms with Crippen LogP contribution in [0.15, 0.2) is 34.4 Å². The van der Waals surface area contributed by atoms with Crippen LogP contribution in [0.5, 0.6) is 0 Å². The van der Waals surface area contributed by atoms with Crippen LogP contribution >= 0.6 is 0 Å². The van der Waals surface area contributed by atoms with Gasteiger partial charge >= 0.3 is 17.9 Å². The SMILES string of the molecule is C/C=C(\C)C(=O)O[C@H]1CC(C)=C2C(=O)C=C(CO)[C@H]2[C@@H]2OC(=O)[C@@](C)(OC(C)=O)[C@@H]21. The second kappa shape index (κ2) is 7.83. The zero-order chi connectivity index (χ0) is 22.4. The lowest BCUT2D eigenvalue weighted by Gasteiger charge is -2.34. The normalized spacial score (nSPS) is 33.4. The van der Waals surface area contributed by atoms with Crippen molar-refractivity contribution in [2.75, 3.05) is 6.61 Å². The van der Waals surface area contributed by atoms with Gasteiger partial charge in [-0.3, -0.25) is 9.59 Å². The lowest BCUT2D eigenvalue weighted by Crippen LogP contribution is -2.50. The minimum Gasteiger partial charge on any atom is -0.458 e. The molecule has 0 radical (unpaired) electrons. The summed E-state index contributed by atoms with van der Waals surface area (Å²) in [5, 5.41) is 9.82. The number of rotatable bonds is 4. The predicted octanol–water partition coefficient (Wildman–Crippen LogP) is 1.57. The summed E-state index contributed by atoms with van der Waals surface area (Å²) in [7, 11) is 0. The molecule has 3 aliphatic rings. The zero-order valence-corrected chi connectivity index (χ0v) is 17.7. The minimum absolute atomic E-state index is 0.168. The monoisotopic (exact) mass is 418 g/mol. The lowest BCUT2D eigenvalue weighted by atomic mass is 9.77. The van der Waals surface area contributed by atoms with Crippen molar-refractivity contribution in [1.82, 2.24) is 0 Å². The van der Waals surface area contributed by atoms with Gasteiger partial charge in [-0.1, -0.05) is 11.6 Å². The fourth-order valence-corrected chi connectivity index (χ4v) is 4.68. The molecule has 0 aromatic carbocycles. The van der Waals surface area contributed by atoms with Crippen LogP contribution in [0.25, 0.3) is 0 Å². The second-order valence-corrected chi connectivity index (χ2v) is 8.13. The average Bonchev–Trinajstić information content (AvgIpc) is 3.08. The molecular formula is C22H26O8. The Hall–Kier alpha value is -2.74. The predicted molar refractivity (Wildman–Crippen MR) is 104 cm³/mol. The molecule has 30 heavy (non-hydrogen) atoms. The lowest BCUT2D eigenvalue weighted by molar-refractivity contribution is -0.176. The van der Waals surface area contributed by atoms with Gasteiger partial charge in [0.1, 0.15) is 12.2 Å². The summed E-state index contributed by atoms with van der Waals surface area (Å²) in [6.07, 6.45) is 1.32. The Kier molecular flexibility index (Phi) is 5.73. The third kappa shape index (κ3) is 3.39. The summed E-state index contributed by atoms with van der Waals surface area (Å²) in [5.41, 5.74) is 0.202. The number of allylic oxidation sites excluding steroid dienone is 2. The van der Waals surface area contributed by atoms with Crippen LogP contribution in [0.4, 0.5) is 0 Å². The van der Waals surface area contributed by atoms with E-state index in [0.717, 1.165) is 0 Å². The first-order valence-electron chi connectivity index (χ1n) is 9.85. The number of aliphatic hydroxyl groups excluding tert-OH is 1. The third-order valence-electron chi connectivity index (χ3n) is 6.18. The molecule has 162 valence electrons. The Bertz CT molecular complexity index is 908. The molecule has 0 saturated carbocycles. The number of carbonyl (C=O) groups excluding carboxylic acids is 4. The van der Waals surface area contributed by atoms with Crippen molar-refractivity contribution in [3.63, 3.8) is 0 Å². The first-order valence-corrected chi connectivity index (χ1v) is 9.85. The van der Waals surface area contributed by atoms with Crippen LogP contribution in [-0.2, 0) is 33.4 Å². The second-order valence-electron chi connectivity index (χ2n) is 8.13. The van der Waals surface area contributed by atoms with Crippen LogP contribution in [0.2, 0.25) is 0 Å². The van der Waals surface area contributed by atoms with Gasteiger partial charge in [-0.05, 0) is 39.3 Å². The molecule has 5 atom stereocenters. The van der Waals surface area contributed by atoms with Gasteiger partial charge in [0.15, 0.2) is 5.78 Å². The summed E-state index contributed by atoms with van der Waals surface area (Å²) in [5.74, 6) is -3.83.